The molecule has 0 bridgehead atoms. The number of benzene rings is 1. The van der Waals surface area contributed by atoms with Crippen molar-refractivity contribution in [3.8, 4) is 10.8 Å². The average Bonchev–Trinajstić information content (AvgIpc) is 3.07. The second-order valence-corrected chi connectivity index (χ2v) is 7.03. The fourth-order valence-corrected chi connectivity index (χ4v) is 3.47. The summed E-state index contributed by atoms with van der Waals surface area (Å²) >= 11 is 4.92. The van der Waals surface area contributed by atoms with E-state index in [1.807, 2.05) is 11.4 Å². The first-order valence-corrected chi connectivity index (χ1v) is 9.21. The van der Waals surface area contributed by atoms with Gasteiger partial charge in [-0.25, -0.2) is 19.3 Å². The lowest BCUT2D eigenvalue weighted by molar-refractivity contribution is 0.264. The van der Waals surface area contributed by atoms with Gasteiger partial charge in [-0.2, -0.15) is 0 Å². The molecule has 0 aliphatic carbocycles. The van der Waals surface area contributed by atoms with E-state index in [-0.39, 0.29) is 5.82 Å². The zero-order valence-electron chi connectivity index (χ0n) is 13.1. The minimum Gasteiger partial charge on any atom is -0.293 e. The minimum absolute atomic E-state index is 0.187. The van der Waals surface area contributed by atoms with Gasteiger partial charge in [-0.1, -0.05) is 22.9 Å². The van der Waals surface area contributed by atoms with E-state index in [0.717, 1.165) is 21.7 Å². The van der Waals surface area contributed by atoms with Crippen molar-refractivity contribution in [2.75, 3.05) is 6.54 Å². The van der Waals surface area contributed by atoms with Crippen molar-refractivity contribution >= 4 is 27.3 Å². The topological polar surface area (TPSA) is 41.9 Å². The first-order chi connectivity index (χ1) is 11.7. The van der Waals surface area contributed by atoms with Crippen LogP contribution in [0.1, 0.15) is 18.2 Å². The third-order valence-electron chi connectivity index (χ3n) is 3.54. The van der Waals surface area contributed by atoms with Gasteiger partial charge in [0.05, 0.1) is 5.69 Å². The van der Waals surface area contributed by atoms with E-state index in [1.54, 1.807) is 24.5 Å². The Bertz CT molecular complexity index is 809. The van der Waals surface area contributed by atoms with Crippen molar-refractivity contribution in [3.63, 3.8) is 0 Å². The summed E-state index contributed by atoms with van der Waals surface area (Å²) in [5.74, 6) is 0.447. The van der Waals surface area contributed by atoms with Gasteiger partial charge in [0.1, 0.15) is 5.82 Å². The van der Waals surface area contributed by atoms with Crippen LogP contribution in [-0.2, 0) is 13.1 Å². The van der Waals surface area contributed by atoms with Gasteiger partial charge in [0, 0.05) is 40.9 Å². The van der Waals surface area contributed by atoms with Crippen molar-refractivity contribution in [1.82, 2.24) is 19.9 Å². The lowest BCUT2D eigenvalue weighted by Crippen LogP contribution is -2.23. The number of rotatable bonds is 6. The molecule has 124 valence electrons. The van der Waals surface area contributed by atoms with Crippen LogP contribution in [0.5, 0.6) is 0 Å². The van der Waals surface area contributed by atoms with Gasteiger partial charge in [-0.05, 0) is 30.8 Å². The lowest BCUT2D eigenvalue weighted by atomic mass is 10.2. The predicted octanol–water partition coefficient (Wildman–Crippen LogP) is 4.52. The third kappa shape index (κ3) is 4.23. The van der Waals surface area contributed by atoms with Crippen molar-refractivity contribution in [2.45, 2.75) is 20.0 Å². The maximum Gasteiger partial charge on any atom is 0.188 e. The van der Waals surface area contributed by atoms with Crippen LogP contribution in [0.4, 0.5) is 4.39 Å². The van der Waals surface area contributed by atoms with Crippen LogP contribution in [0.2, 0.25) is 0 Å². The number of aromatic nitrogens is 3. The van der Waals surface area contributed by atoms with Crippen LogP contribution in [0.15, 0.2) is 46.5 Å². The second-order valence-electron chi connectivity index (χ2n) is 5.26. The van der Waals surface area contributed by atoms with Crippen LogP contribution in [-0.4, -0.2) is 26.4 Å². The molecule has 3 rings (SSSR count). The SMILES string of the molecule is CCN(Cc1csc(-c2ncccn2)n1)Cc1cc(Br)ccc1F. The van der Waals surface area contributed by atoms with E-state index in [1.165, 1.54) is 17.4 Å². The normalized spacial score (nSPS) is 11.2. The molecule has 24 heavy (non-hydrogen) atoms. The Morgan fingerprint density at radius 2 is 2.00 bits per heavy atom. The Morgan fingerprint density at radius 3 is 2.75 bits per heavy atom. The summed E-state index contributed by atoms with van der Waals surface area (Å²) in [6, 6.07) is 6.80. The summed E-state index contributed by atoms with van der Waals surface area (Å²) in [4.78, 5) is 15.2. The summed E-state index contributed by atoms with van der Waals surface area (Å²) < 4.78 is 14.8. The second kappa shape index (κ2) is 7.92. The molecular weight excluding hydrogens is 391 g/mol. The molecule has 0 amide bonds. The van der Waals surface area contributed by atoms with Crippen LogP contribution < -0.4 is 0 Å². The first kappa shape index (κ1) is 17.1. The number of hydrogen-bond donors (Lipinski definition) is 0. The van der Waals surface area contributed by atoms with Gasteiger partial charge in [0.25, 0.3) is 0 Å². The predicted molar refractivity (Wildman–Crippen MR) is 97.0 cm³/mol. The molecule has 0 spiro atoms. The van der Waals surface area contributed by atoms with Gasteiger partial charge in [0.15, 0.2) is 10.8 Å². The molecule has 7 heteroatoms. The molecule has 0 fully saturated rings. The number of thiazole rings is 1. The average molecular weight is 407 g/mol. The minimum atomic E-state index is -0.187. The molecule has 0 saturated heterocycles. The summed E-state index contributed by atoms with van der Waals surface area (Å²) in [5.41, 5.74) is 1.62. The van der Waals surface area contributed by atoms with E-state index in [4.69, 9.17) is 0 Å². The lowest BCUT2D eigenvalue weighted by Gasteiger charge is -2.19. The Morgan fingerprint density at radius 1 is 1.21 bits per heavy atom. The number of nitrogens with zero attached hydrogens (tertiary/aromatic N) is 4. The van der Waals surface area contributed by atoms with Crippen LogP contribution >= 0.6 is 27.3 Å². The highest BCUT2D eigenvalue weighted by Gasteiger charge is 2.12. The van der Waals surface area contributed by atoms with E-state index in [9.17, 15) is 4.39 Å². The molecular formula is C17H16BrFN4S. The van der Waals surface area contributed by atoms with Crippen LogP contribution in [0.25, 0.3) is 10.8 Å². The molecule has 0 aliphatic heterocycles. The van der Waals surface area contributed by atoms with Crippen molar-refractivity contribution in [1.29, 1.82) is 0 Å². The Hall–Kier alpha value is -1.70. The number of halogens is 2. The van der Waals surface area contributed by atoms with Crippen molar-refractivity contribution < 1.29 is 4.39 Å². The standard InChI is InChI=1S/C17H16BrFN4S/c1-2-23(9-12-8-13(18)4-5-15(12)19)10-14-11-24-17(22-14)16-20-6-3-7-21-16/h3-8,11H,2,9-10H2,1H3. The molecule has 0 aliphatic rings. The Labute approximate surface area is 152 Å². The quantitative estimate of drug-likeness (QED) is 0.603. The van der Waals surface area contributed by atoms with Gasteiger partial charge in [-0.15, -0.1) is 11.3 Å². The van der Waals surface area contributed by atoms with Gasteiger partial charge < -0.3 is 0 Å². The Kier molecular flexibility index (Phi) is 5.65. The highest BCUT2D eigenvalue weighted by molar-refractivity contribution is 9.10. The van der Waals surface area contributed by atoms with E-state index in [2.05, 4.69) is 42.7 Å². The first-order valence-electron chi connectivity index (χ1n) is 7.53. The maximum atomic E-state index is 14.0. The zero-order chi connectivity index (χ0) is 16.9. The van der Waals surface area contributed by atoms with Gasteiger partial charge >= 0.3 is 0 Å². The fraction of sp³-hybridized carbons (Fsp3) is 0.235. The van der Waals surface area contributed by atoms with E-state index < -0.39 is 0 Å². The molecule has 0 saturated carbocycles. The molecule has 3 aromatic rings. The van der Waals surface area contributed by atoms with E-state index in [0.29, 0.717) is 24.5 Å². The molecule has 0 atom stereocenters. The molecule has 2 heterocycles. The monoisotopic (exact) mass is 406 g/mol. The molecule has 0 N–H and O–H groups in total. The highest BCUT2D eigenvalue weighted by Crippen LogP contribution is 2.22. The summed E-state index contributed by atoms with van der Waals surface area (Å²) in [7, 11) is 0. The summed E-state index contributed by atoms with van der Waals surface area (Å²) in [6.07, 6.45) is 3.41. The molecule has 0 radical (unpaired) electrons. The summed E-state index contributed by atoms with van der Waals surface area (Å²) in [5, 5.41) is 2.81. The smallest absolute Gasteiger partial charge is 0.188 e. The third-order valence-corrected chi connectivity index (χ3v) is 4.92. The molecule has 4 nitrogen and oxygen atoms in total. The van der Waals surface area contributed by atoms with Gasteiger partial charge in [0.2, 0.25) is 0 Å². The van der Waals surface area contributed by atoms with E-state index >= 15 is 0 Å². The molecule has 2 aromatic heterocycles. The van der Waals surface area contributed by atoms with Crippen molar-refractivity contribution in [3.05, 3.63) is 63.6 Å². The highest BCUT2D eigenvalue weighted by atomic mass is 79.9. The van der Waals surface area contributed by atoms with Crippen LogP contribution in [0, 0.1) is 5.82 Å². The number of hydrogen-bond acceptors (Lipinski definition) is 5. The largest absolute Gasteiger partial charge is 0.293 e. The Balaban J connectivity index is 1.72. The molecule has 0 unspecified atom stereocenters. The van der Waals surface area contributed by atoms with Gasteiger partial charge in [-0.3, -0.25) is 4.90 Å². The van der Waals surface area contributed by atoms with Crippen molar-refractivity contribution in [2.24, 2.45) is 0 Å². The zero-order valence-corrected chi connectivity index (χ0v) is 15.5. The van der Waals surface area contributed by atoms with Crippen LogP contribution in [0.3, 0.4) is 0 Å². The fourth-order valence-electron chi connectivity index (χ4n) is 2.31. The molecule has 1 aromatic carbocycles. The maximum absolute atomic E-state index is 14.0. The summed E-state index contributed by atoms with van der Waals surface area (Å²) in [6.45, 7) is 4.06.